The number of carbonyl (C=O) groups excluding carboxylic acids is 2. The lowest BCUT2D eigenvalue weighted by atomic mass is 9.62. The fourth-order valence-electron chi connectivity index (χ4n) is 7.51. The second-order valence-corrected chi connectivity index (χ2v) is 14.3. The Balaban J connectivity index is 1.34. The highest BCUT2D eigenvalue weighted by molar-refractivity contribution is 5.68. The van der Waals surface area contributed by atoms with Crippen LogP contribution >= 0.6 is 0 Å². The Bertz CT molecular complexity index is 873. The minimum Gasteiger partial charge on any atom is -0.501 e. The van der Waals surface area contributed by atoms with Crippen LogP contribution in [0.5, 0.6) is 0 Å². The van der Waals surface area contributed by atoms with Crippen LogP contribution in [-0.4, -0.2) is 51.2 Å². The van der Waals surface area contributed by atoms with Crippen LogP contribution in [0.15, 0.2) is 24.7 Å². The first-order chi connectivity index (χ1) is 20.1. The number of rotatable bonds is 13. The Hall–Kier alpha value is -2.38. The van der Waals surface area contributed by atoms with Gasteiger partial charge in [0.05, 0.1) is 39.0 Å². The fourth-order valence-corrected chi connectivity index (χ4v) is 7.51. The summed E-state index contributed by atoms with van der Waals surface area (Å²) in [4.78, 5) is 25.3. The second kappa shape index (κ2) is 17.0. The topological polar surface area (TPSA) is 95.1 Å². The van der Waals surface area contributed by atoms with E-state index < -0.39 is 0 Å². The first-order valence-electron chi connectivity index (χ1n) is 16.4. The monoisotopic (exact) mass is 590 g/mol. The molecule has 3 aliphatic rings. The predicted molar refractivity (Wildman–Crippen MR) is 166 cm³/mol. The van der Waals surface area contributed by atoms with Crippen molar-refractivity contribution in [2.24, 2.45) is 34.5 Å². The lowest BCUT2D eigenvalue weighted by molar-refractivity contribution is 0.0547. The Morgan fingerprint density at radius 1 is 0.690 bits per heavy atom. The Morgan fingerprint density at radius 2 is 1.14 bits per heavy atom. The quantitative estimate of drug-likeness (QED) is 0.213. The van der Waals surface area contributed by atoms with Crippen molar-refractivity contribution in [3.05, 3.63) is 24.7 Å². The molecule has 3 fully saturated rings. The summed E-state index contributed by atoms with van der Waals surface area (Å²) in [6, 6.07) is 0.00977. The van der Waals surface area contributed by atoms with E-state index in [2.05, 4.69) is 31.4 Å². The van der Waals surface area contributed by atoms with Crippen LogP contribution in [0.1, 0.15) is 105 Å². The van der Waals surface area contributed by atoms with Gasteiger partial charge in [0.2, 0.25) is 0 Å². The van der Waals surface area contributed by atoms with Crippen molar-refractivity contribution in [2.75, 3.05) is 33.0 Å². The van der Waals surface area contributed by atoms with E-state index >= 15 is 0 Å². The zero-order valence-corrected chi connectivity index (χ0v) is 27.0. The van der Waals surface area contributed by atoms with Crippen LogP contribution in [0.25, 0.3) is 0 Å². The van der Waals surface area contributed by atoms with E-state index in [4.69, 9.17) is 18.9 Å². The van der Waals surface area contributed by atoms with Gasteiger partial charge in [-0.1, -0.05) is 32.9 Å². The fraction of sp³-hybridized carbons (Fsp3) is 0.824. The molecule has 2 unspecified atom stereocenters. The van der Waals surface area contributed by atoms with Gasteiger partial charge >= 0.3 is 12.2 Å². The first-order valence-corrected chi connectivity index (χ1v) is 16.4. The largest absolute Gasteiger partial charge is 0.501 e. The number of alkyl carbamates (subject to hydrolysis) is 2. The first kappa shape index (κ1) is 34.1. The standard InChI is InChI=1S/C34H58N2O6/c1-6-16-39-20-26-8-12-28(13-9-26)22-41-31(37)35-25-34(5)19-30(18-33(3,4)24-34)36-32(38)42-23-29-14-10-27(11-15-29)21-40-17-7-2/h6-7,16-17,26-30H,8-15,18-25H2,1-5H3,(H,35,37)(H,36,38)/b16-6+,17-7+. The highest BCUT2D eigenvalue weighted by atomic mass is 16.6. The average molecular weight is 591 g/mol. The molecule has 8 nitrogen and oxygen atoms in total. The lowest BCUT2D eigenvalue weighted by Crippen LogP contribution is -2.50. The van der Waals surface area contributed by atoms with Crippen molar-refractivity contribution in [3.63, 3.8) is 0 Å². The highest BCUT2D eigenvalue weighted by Crippen LogP contribution is 2.46. The van der Waals surface area contributed by atoms with Gasteiger partial charge in [0.1, 0.15) is 0 Å². The maximum atomic E-state index is 12.7. The number of ether oxygens (including phenoxy) is 4. The SMILES string of the molecule is C/C=C/OCC1CCC(COC(=O)NCC2(C)CC(NC(=O)OCC3CCC(CO/C=C/C)CC3)CC(C)(C)C2)CC1. The van der Waals surface area contributed by atoms with Crippen molar-refractivity contribution < 1.29 is 28.5 Å². The summed E-state index contributed by atoms with van der Waals surface area (Å²) in [6.07, 6.45) is 18.1. The average Bonchev–Trinajstić information content (AvgIpc) is 2.94. The molecule has 0 aromatic rings. The molecule has 0 spiro atoms. The molecule has 3 saturated carbocycles. The smallest absolute Gasteiger partial charge is 0.407 e. The van der Waals surface area contributed by atoms with Crippen LogP contribution in [0.4, 0.5) is 9.59 Å². The van der Waals surface area contributed by atoms with Crippen LogP contribution in [0.3, 0.4) is 0 Å². The van der Waals surface area contributed by atoms with E-state index in [0.29, 0.717) is 43.4 Å². The summed E-state index contributed by atoms with van der Waals surface area (Å²) >= 11 is 0. The van der Waals surface area contributed by atoms with Gasteiger partial charge in [-0.3, -0.25) is 0 Å². The zero-order chi connectivity index (χ0) is 30.4. The third-order valence-corrected chi connectivity index (χ3v) is 9.39. The molecule has 3 rings (SSSR count). The predicted octanol–water partition coefficient (Wildman–Crippen LogP) is 7.74. The van der Waals surface area contributed by atoms with E-state index in [-0.39, 0.29) is 29.1 Å². The molecule has 0 saturated heterocycles. The second-order valence-electron chi connectivity index (χ2n) is 14.3. The summed E-state index contributed by atoms with van der Waals surface area (Å²) in [7, 11) is 0. The van der Waals surface area contributed by atoms with Crippen molar-refractivity contribution in [1.29, 1.82) is 0 Å². The number of hydrogen-bond donors (Lipinski definition) is 2. The van der Waals surface area contributed by atoms with E-state index in [0.717, 1.165) is 83.8 Å². The van der Waals surface area contributed by atoms with Gasteiger partial charge < -0.3 is 29.6 Å². The summed E-state index contributed by atoms with van der Waals surface area (Å²) in [5, 5.41) is 6.17. The van der Waals surface area contributed by atoms with Crippen LogP contribution < -0.4 is 10.6 Å². The molecule has 3 aliphatic carbocycles. The molecule has 2 N–H and O–H groups in total. The summed E-state index contributed by atoms with van der Waals surface area (Å²) in [5.74, 6) is 2.02. The van der Waals surface area contributed by atoms with Crippen LogP contribution in [0, 0.1) is 34.5 Å². The Morgan fingerprint density at radius 3 is 1.62 bits per heavy atom. The molecule has 2 amide bonds. The molecule has 0 bridgehead atoms. The van der Waals surface area contributed by atoms with Crippen LogP contribution in [0.2, 0.25) is 0 Å². The normalized spacial score (nSPS) is 31.4. The van der Waals surface area contributed by atoms with Gasteiger partial charge in [0.25, 0.3) is 0 Å². The van der Waals surface area contributed by atoms with Crippen molar-refractivity contribution in [1.82, 2.24) is 10.6 Å². The third-order valence-electron chi connectivity index (χ3n) is 9.39. The van der Waals surface area contributed by atoms with Crippen molar-refractivity contribution in [2.45, 2.75) is 111 Å². The van der Waals surface area contributed by atoms with Gasteiger partial charge in [-0.25, -0.2) is 9.59 Å². The number of nitrogens with one attached hydrogen (secondary N) is 2. The van der Waals surface area contributed by atoms with Crippen LogP contribution in [-0.2, 0) is 18.9 Å². The van der Waals surface area contributed by atoms with Gasteiger partial charge in [-0.05, 0) is 119 Å². The Labute approximate surface area is 254 Å². The molecular weight excluding hydrogens is 532 g/mol. The molecule has 8 heteroatoms. The zero-order valence-electron chi connectivity index (χ0n) is 27.0. The minimum absolute atomic E-state index is 0.00977. The molecule has 42 heavy (non-hydrogen) atoms. The highest BCUT2D eigenvalue weighted by Gasteiger charge is 2.42. The molecule has 0 aliphatic heterocycles. The van der Waals surface area contributed by atoms with E-state index in [1.165, 1.54) is 0 Å². The third kappa shape index (κ3) is 12.5. The molecule has 0 aromatic heterocycles. The molecule has 0 radical (unpaired) electrons. The van der Waals surface area contributed by atoms with Crippen molar-refractivity contribution >= 4 is 12.2 Å². The van der Waals surface area contributed by atoms with E-state index in [1.54, 1.807) is 12.5 Å². The maximum absolute atomic E-state index is 12.7. The number of allylic oxidation sites excluding steroid dienone is 2. The maximum Gasteiger partial charge on any atom is 0.407 e. The number of hydrogen-bond acceptors (Lipinski definition) is 6. The van der Waals surface area contributed by atoms with Gasteiger partial charge in [-0.15, -0.1) is 0 Å². The van der Waals surface area contributed by atoms with Crippen molar-refractivity contribution in [3.8, 4) is 0 Å². The van der Waals surface area contributed by atoms with Gasteiger partial charge in [0.15, 0.2) is 0 Å². The van der Waals surface area contributed by atoms with Gasteiger partial charge in [-0.2, -0.15) is 0 Å². The molecule has 0 aromatic carbocycles. The molecule has 2 atom stereocenters. The summed E-state index contributed by atoms with van der Waals surface area (Å²) in [5.41, 5.74) is -0.101. The molecule has 240 valence electrons. The number of carbonyl (C=O) groups is 2. The lowest BCUT2D eigenvalue weighted by Gasteiger charge is -2.46. The van der Waals surface area contributed by atoms with E-state index in [9.17, 15) is 9.59 Å². The molecule has 0 heterocycles. The summed E-state index contributed by atoms with van der Waals surface area (Å²) in [6.45, 7) is 13.6. The number of amides is 2. The minimum atomic E-state index is -0.342. The molecular formula is C34H58N2O6. The Kier molecular flexibility index (Phi) is 13.8. The van der Waals surface area contributed by atoms with Gasteiger partial charge in [0, 0.05) is 12.6 Å². The summed E-state index contributed by atoms with van der Waals surface area (Å²) < 4.78 is 22.4. The van der Waals surface area contributed by atoms with E-state index in [1.807, 2.05) is 26.0 Å².